The van der Waals surface area contributed by atoms with E-state index in [0.717, 1.165) is 77.0 Å². The normalized spacial score (nSPS) is 25.9. The molecule has 18 nitrogen and oxygen atoms in total. The molecule has 10 rings (SSSR count). The van der Waals surface area contributed by atoms with Gasteiger partial charge in [0.15, 0.2) is 17.2 Å². The lowest BCUT2D eigenvalue weighted by Gasteiger charge is -2.51. The third kappa shape index (κ3) is 7.28. The van der Waals surface area contributed by atoms with Crippen LogP contribution in [-0.4, -0.2) is 90.6 Å². The van der Waals surface area contributed by atoms with Gasteiger partial charge in [-0.3, -0.25) is 28.5 Å². The van der Waals surface area contributed by atoms with Crippen molar-refractivity contribution in [2.45, 2.75) is 77.0 Å². The number of nitrogen functional groups attached to an aromatic ring is 2. The van der Waals surface area contributed by atoms with Crippen molar-refractivity contribution >= 4 is 82.3 Å². The number of nitrogens with two attached hydrogens (primary N) is 2. The molecule has 6 aliphatic carbocycles. The Morgan fingerprint density at radius 2 is 1.05 bits per heavy atom. The molecule has 0 aliphatic heterocycles. The number of nitrogens with one attached hydrogen (secondary N) is 2. The highest BCUT2D eigenvalue weighted by Gasteiger charge is 2.54. The van der Waals surface area contributed by atoms with Crippen molar-refractivity contribution in [3.8, 4) is 0 Å². The van der Waals surface area contributed by atoms with E-state index in [1.165, 1.54) is 36.2 Å². The lowest BCUT2D eigenvalue weighted by molar-refractivity contribution is -0.163. The van der Waals surface area contributed by atoms with Gasteiger partial charge >= 0.3 is 11.9 Å². The molecule has 20 heteroatoms. The van der Waals surface area contributed by atoms with E-state index in [2.05, 4.69) is 40.8 Å². The Balaban J connectivity index is 0.000000207. The lowest BCUT2D eigenvalue weighted by Crippen LogP contribution is -2.50. The van der Waals surface area contributed by atoms with Crippen molar-refractivity contribution in [2.75, 3.05) is 38.8 Å². The highest BCUT2D eigenvalue weighted by atomic mass is 35.5. The van der Waals surface area contributed by atoms with Crippen LogP contribution in [0.4, 0.5) is 11.6 Å². The third-order valence-electron chi connectivity index (χ3n) is 13.0. The van der Waals surface area contributed by atoms with Crippen LogP contribution in [0.15, 0.2) is 12.7 Å². The molecule has 0 spiro atoms. The Bertz CT molecular complexity index is 2100. The van der Waals surface area contributed by atoms with Crippen LogP contribution in [0.25, 0.3) is 22.1 Å². The van der Waals surface area contributed by atoms with Crippen LogP contribution in [0.5, 0.6) is 0 Å². The van der Waals surface area contributed by atoms with Gasteiger partial charge < -0.3 is 31.6 Å². The number of anilines is 2. The van der Waals surface area contributed by atoms with Crippen LogP contribution >= 0.6 is 24.8 Å². The van der Waals surface area contributed by atoms with Crippen LogP contribution in [-0.2, 0) is 33.2 Å². The zero-order valence-electron chi connectivity index (χ0n) is 32.1. The van der Waals surface area contributed by atoms with Crippen LogP contribution < -0.4 is 22.1 Å². The topological polar surface area (TPSA) is 250 Å². The van der Waals surface area contributed by atoms with Gasteiger partial charge in [-0.1, -0.05) is 0 Å². The minimum atomic E-state index is -0.315. The predicted molar refractivity (Wildman–Crippen MR) is 210 cm³/mol. The van der Waals surface area contributed by atoms with Crippen LogP contribution in [0.2, 0.25) is 0 Å². The molecule has 0 saturated heterocycles. The summed E-state index contributed by atoms with van der Waals surface area (Å²) in [5, 5.41) is 14.5. The molecule has 56 heavy (non-hydrogen) atoms. The Hall–Kier alpha value is -4.84. The molecule has 4 bridgehead atoms. The zero-order valence-corrected chi connectivity index (χ0v) is 33.7. The number of hydrogen-bond acceptors (Lipinski definition) is 14. The summed E-state index contributed by atoms with van der Waals surface area (Å²) >= 11 is 0. The summed E-state index contributed by atoms with van der Waals surface area (Å²) in [6.07, 6.45) is 13.1. The molecular weight excluding hydrogens is 767 g/mol. The van der Waals surface area contributed by atoms with Gasteiger partial charge in [0.2, 0.25) is 0 Å². The maximum Gasteiger partial charge on any atom is 0.311 e. The van der Waals surface area contributed by atoms with Crippen LogP contribution in [0.1, 0.15) is 98.0 Å². The molecule has 6 aliphatic rings. The van der Waals surface area contributed by atoms with E-state index in [9.17, 15) is 19.2 Å². The fourth-order valence-electron chi connectivity index (χ4n) is 9.29. The summed E-state index contributed by atoms with van der Waals surface area (Å²) < 4.78 is 13.0. The van der Waals surface area contributed by atoms with Gasteiger partial charge in [-0.15, -0.1) is 24.8 Å². The number of halogens is 2. The van der Waals surface area contributed by atoms with Gasteiger partial charge in [-0.2, -0.15) is 10.2 Å². The van der Waals surface area contributed by atoms with E-state index in [1.807, 2.05) is 0 Å². The van der Waals surface area contributed by atoms with Gasteiger partial charge in [0, 0.05) is 27.2 Å². The van der Waals surface area contributed by atoms with E-state index >= 15 is 0 Å². The van der Waals surface area contributed by atoms with E-state index in [0.29, 0.717) is 41.0 Å². The lowest BCUT2D eigenvalue weighted by atomic mass is 9.53. The number of amides is 2. The van der Waals surface area contributed by atoms with Gasteiger partial charge in [0.25, 0.3) is 11.8 Å². The molecular formula is C36H50Cl2N12O6. The first kappa shape index (κ1) is 42.3. The van der Waals surface area contributed by atoms with Crippen LogP contribution in [0, 0.1) is 21.7 Å². The number of fused-ring (bicyclic) bond motifs is 8. The number of carbonyl (C=O) groups excluding carboxylic acids is 4. The number of esters is 2. The molecule has 4 heterocycles. The Morgan fingerprint density at radius 1 is 0.625 bits per heavy atom. The number of nitrogens with zero attached hydrogens (tertiary/aromatic N) is 8. The van der Waals surface area contributed by atoms with E-state index in [1.54, 1.807) is 14.1 Å². The average Bonchev–Trinajstić information content (AvgIpc) is 3.68. The second-order valence-corrected chi connectivity index (χ2v) is 15.8. The van der Waals surface area contributed by atoms with Gasteiger partial charge in [0.1, 0.15) is 40.5 Å². The standard InChI is InChI=1S/2C18H24N6O3.2ClH/c1-24-13-11(14(19)23-24)21-10-22-12(13)15(25)20-9-17-3-6-18(7-4-17,8-5-17)16(26)27-2;1-24-14(19)12-11(23-24)13(22-10-21-12)15(25)20-9-17-3-6-18(7-4-17,8-5-17)16(26)27-2;;/h10H,3-9H2,1-2H3,(H2,19,23)(H,20,25);10H,3-9,19H2,1-2H3,(H,20,25);2*1H. The number of carbonyl (C=O) groups is 4. The summed E-state index contributed by atoms with van der Waals surface area (Å²) in [4.78, 5) is 66.3. The molecule has 0 aromatic carbocycles. The van der Waals surface area contributed by atoms with Gasteiger partial charge in [-0.25, -0.2) is 19.9 Å². The monoisotopic (exact) mass is 816 g/mol. The first-order chi connectivity index (χ1) is 25.8. The third-order valence-corrected chi connectivity index (χ3v) is 13.0. The zero-order chi connectivity index (χ0) is 38.5. The highest BCUT2D eigenvalue weighted by molar-refractivity contribution is 6.05. The SMILES string of the molecule is COC(=O)C12CCC(CNC(=O)c3ncnc4c(N)n(C)nc34)(CC1)CC2.COC(=O)C12CCC(CNC(=O)c3ncnc4c(N)nn(C)c34)(CC1)CC2.Cl.Cl. The number of rotatable bonds is 8. The second-order valence-electron chi connectivity index (χ2n) is 15.8. The molecule has 4 aromatic heterocycles. The Morgan fingerprint density at radius 3 is 1.52 bits per heavy atom. The maximum atomic E-state index is 12.8. The number of hydrogen-bond donors (Lipinski definition) is 4. The minimum absolute atomic E-state index is 0. The van der Waals surface area contributed by atoms with E-state index in [4.69, 9.17) is 20.9 Å². The Kier molecular flexibility index (Phi) is 12.1. The number of methoxy groups -OCH3 is 2. The summed E-state index contributed by atoms with van der Waals surface area (Å²) in [6.45, 7) is 1.14. The van der Waals surface area contributed by atoms with Gasteiger partial charge in [-0.05, 0) is 87.9 Å². The molecule has 2 amide bonds. The van der Waals surface area contributed by atoms with Crippen molar-refractivity contribution in [3.05, 3.63) is 24.0 Å². The number of aromatic nitrogens is 8. The molecule has 0 unspecified atom stereocenters. The molecule has 6 fully saturated rings. The minimum Gasteiger partial charge on any atom is -0.469 e. The molecule has 4 aromatic rings. The summed E-state index contributed by atoms with van der Waals surface area (Å²) in [7, 11) is 6.34. The van der Waals surface area contributed by atoms with Crippen molar-refractivity contribution < 1.29 is 28.7 Å². The summed E-state index contributed by atoms with van der Waals surface area (Å²) in [5.74, 6) is -0.0200. The fraction of sp³-hybridized carbons (Fsp3) is 0.611. The molecule has 0 atom stereocenters. The highest BCUT2D eigenvalue weighted by Crippen LogP contribution is 2.58. The average molecular weight is 818 g/mol. The van der Waals surface area contributed by atoms with Crippen molar-refractivity contribution in [1.29, 1.82) is 0 Å². The molecule has 6 saturated carbocycles. The second kappa shape index (κ2) is 16.0. The smallest absolute Gasteiger partial charge is 0.311 e. The molecule has 0 radical (unpaired) electrons. The van der Waals surface area contributed by atoms with Crippen LogP contribution in [0.3, 0.4) is 0 Å². The summed E-state index contributed by atoms with van der Waals surface area (Å²) in [6, 6.07) is 0. The Labute approximate surface area is 335 Å². The maximum absolute atomic E-state index is 12.8. The summed E-state index contributed by atoms with van der Waals surface area (Å²) in [5.41, 5.74) is 13.6. The first-order valence-corrected chi connectivity index (χ1v) is 18.4. The quantitative estimate of drug-likeness (QED) is 0.187. The number of ether oxygens (including phenoxy) is 2. The number of aryl methyl sites for hydroxylation is 2. The molecule has 304 valence electrons. The van der Waals surface area contributed by atoms with Crippen molar-refractivity contribution in [3.63, 3.8) is 0 Å². The van der Waals surface area contributed by atoms with E-state index in [-0.39, 0.29) is 87.4 Å². The predicted octanol–water partition coefficient (Wildman–Crippen LogP) is 3.22. The molecule has 6 N–H and O–H groups in total. The van der Waals surface area contributed by atoms with Gasteiger partial charge in [0.05, 0.1) is 25.0 Å². The fourth-order valence-corrected chi connectivity index (χ4v) is 9.29. The van der Waals surface area contributed by atoms with E-state index < -0.39 is 0 Å². The first-order valence-electron chi connectivity index (χ1n) is 18.4. The van der Waals surface area contributed by atoms with Crippen molar-refractivity contribution in [1.82, 2.24) is 50.1 Å². The largest absolute Gasteiger partial charge is 0.469 e. The van der Waals surface area contributed by atoms with Crippen molar-refractivity contribution in [2.24, 2.45) is 35.8 Å².